The van der Waals surface area contributed by atoms with E-state index in [2.05, 4.69) is 0 Å². The van der Waals surface area contributed by atoms with Crippen molar-refractivity contribution in [1.29, 1.82) is 0 Å². The number of carbonyl (C=O) groups is 2. The molecule has 2 aliphatic rings. The number of carbonyl (C=O) groups excluding carboxylic acids is 1. The first-order chi connectivity index (χ1) is 9.61. The van der Waals surface area contributed by atoms with Crippen molar-refractivity contribution in [2.45, 2.75) is 25.0 Å². The van der Waals surface area contributed by atoms with Crippen molar-refractivity contribution in [3.05, 3.63) is 28.8 Å². The molecule has 6 nitrogen and oxygen atoms in total. The molecule has 1 heterocycles. The molecule has 3 rings (SSSR count). The maximum atomic E-state index is 11.3. The van der Waals surface area contributed by atoms with Gasteiger partial charge in [-0.3, -0.25) is 4.79 Å². The summed E-state index contributed by atoms with van der Waals surface area (Å²) >= 11 is 0. The molecule has 20 heavy (non-hydrogen) atoms. The van der Waals surface area contributed by atoms with Crippen LogP contribution in [-0.4, -0.2) is 52.8 Å². The summed E-state index contributed by atoms with van der Waals surface area (Å²) in [5, 5.41) is 19.3. The molecule has 0 spiro atoms. The molecule has 0 saturated carbocycles. The molecule has 2 N–H and O–H groups in total. The maximum Gasteiger partial charge on any atom is 0.407 e. The quantitative estimate of drug-likeness (QED) is 0.749. The number of amides is 1. The van der Waals surface area contributed by atoms with E-state index in [4.69, 9.17) is 4.74 Å². The van der Waals surface area contributed by atoms with Crippen LogP contribution in [0.2, 0.25) is 0 Å². The van der Waals surface area contributed by atoms with Crippen LogP contribution in [0.5, 0.6) is 5.75 Å². The van der Waals surface area contributed by atoms with Crippen LogP contribution in [0.15, 0.2) is 12.1 Å². The fourth-order valence-electron chi connectivity index (χ4n) is 3.09. The molecule has 6 heteroatoms. The number of carboxylic acid groups (broad SMARTS) is 1. The molecular weight excluding hydrogens is 262 g/mol. The summed E-state index contributed by atoms with van der Waals surface area (Å²) in [6.07, 6.45) is 0.337. The second kappa shape index (κ2) is 4.79. The van der Waals surface area contributed by atoms with E-state index in [9.17, 15) is 19.8 Å². The van der Waals surface area contributed by atoms with Crippen LogP contribution in [0, 0.1) is 0 Å². The van der Waals surface area contributed by atoms with Gasteiger partial charge < -0.3 is 19.8 Å². The number of benzene rings is 1. The molecule has 1 aromatic rings. The van der Waals surface area contributed by atoms with Gasteiger partial charge in [-0.1, -0.05) is 6.07 Å². The smallest absolute Gasteiger partial charge is 0.407 e. The average Bonchev–Trinajstić information content (AvgIpc) is 2.45. The van der Waals surface area contributed by atoms with Gasteiger partial charge in [-0.25, -0.2) is 4.79 Å². The lowest BCUT2D eigenvalue weighted by molar-refractivity contribution is -0.0642. The highest BCUT2D eigenvalue weighted by atomic mass is 16.5. The minimum Gasteiger partial charge on any atom is -0.507 e. The number of hydrogen-bond acceptors (Lipinski definition) is 4. The summed E-state index contributed by atoms with van der Waals surface area (Å²) in [7, 11) is 0. The number of morpholine rings is 1. The molecular formula is C14H15NO5. The van der Waals surface area contributed by atoms with E-state index in [1.54, 1.807) is 12.1 Å². The van der Waals surface area contributed by atoms with Crippen molar-refractivity contribution in [3.8, 4) is 5.75 Å². The summed E-state index contributed by atoms with van der Waals surface area (Å²) in [4.78, 5) is 23.5. The van der Waals surface area contributed by atoms with Gasteiger partial charge in [0.1, 0.15) is 5.75 Å². The zero-order valence-corrected chi connectivity index (χ0v) is 10.8. The van der Waals surface area contributed by atoms with Gasteiger partial charge in [-0.05, 0) is 18.1 Å². The highest BCUT2D eigenvalue weighted by molar-refractivity contribution is 5.80. The minimum absolute atomic E-state index is 0.00741. The first kappa shape index (κ1) is 12.9. The largest absolute Gasteiger partial charge is 0.507 e. The van der Waals surface area contributed by atoms with Crippen molar-refractivity contribution in [3.63, 3.8) is 0 Å². The van der Waals surface area contributed by atoms with E-state index in [1.807, 2.05) is 0 Å². The number of fused-ring (bicyclic) bond motifs is 2. The maximum absolute atomic E-state index is 11.3. The van der Waals surface area contributed by atoms with Crippen molar-refractivity contribution in [2.24, 2.45) is 0 Å². The lowest BCUT2D eigenvalue weighted by Crippen LogP contribution is -2.56. The Morgan fingerprint density at radius 2 is 2.20 bits per heavy atom. The third kappa shape index (κ3) is 1.92. The third-order valence-electron chi connectivity index (χ3n) is 4.11. The van der Waals surface area contributed by atoms with E-state index in [0.29, 0.717) is 37.8 Å². The van der Waals surface area contributed by atoms with Crippen LogP contribution in [0.1, 0.15) is 21.5 Å². The predicted molar refractivity (Wildman–Crippen MR) is 69.2 cm³/mol. The minimum atomic E-state index is -0.944. The van der Waals surface area contributed by atoms with Crippen molar-refractivity contribution in [2.75, 3.05) is 13.2 Å². The van der Waals surface area contributed by atoms with E-state index in [0.717, 1.165) is 5.56 Å². The fourth-order valence-corrected chi connectivity index (χ4v) is 3.09. The summed E-state index contributed by atoms with van der Waals surface area (Å²) < 4.78 is 5.64. The number of phenolic OH excluding ortho intramolecular Hbond substituents is 1. The zero-order valence-electron chi connectivity index (χ0n) is 10.8. The SMILES string of the molecule is O=Cc1ccc2c(c1O)C[C@H]1OCCN(C(=O)O)C1C2. The molecule has 0 bridgehead atoms. The first-order valence-electron chi connectivity index (χ1n) is 6.52. The Kier molecular flexibility index (Phi) is 3.10. The Hall–Kier alpha value is -2.08. The van der Waals surface area contributed by atoms with Crippen LogP contribution < -0.4 is 0 Å². The van der Waals surface area contributed by atoms with E-state index in [1.165, 1.54) is 4.90 Å². The second-order valence-electron chi connectivity index (χ2n) is 5.12. The van der Waals surface area contributed by atoms with Gasteiger partial charge >= 0.3 is 6.09 Å². The number of aromatic hydroxyl groups is 1. The lowest BCUT2D eigenvalue weighted by Gasteiger charge is -2.43. The molecule has 2 atom stereocenters. The fraction of sp³-hybridized carbons (Fsp3) is 0.429. The highest BCUT2D eigenvalue weighted by Gasteiger charge is 2.39. The van der Waals surface area contributed by atoms with E-state index < -0.39 is 6.09 Å². The van der Waals surface area contributed by atoms with Crippen molar-refractivity contribution in [1.82, 2.24) is 4.90 Å². The second-order valence-corrected chi connectivity index (χ2v) is 5.12. The van der Waals surface area contributed by atoms with Gasteiger partial charge in [0, 0.05) is 18.5 Å². The lowest BCUT2D eigenvalue weighted by atomic mass is 9.83. The summed E-state index contributed by atoms with van der Waals surface area (Å²) in [5.41, 5.74) is 1.84. The molecule has 0 aromatic heterocycles. The predicted octanol–water partition coefficient (Wildman–Crippen LogP) is 1.05. The molecule has 1 unspecified atom stereocenters. The zero-order chi connectivity index (χ0) is 14.3. The number of nitrogens with zero attached hydrogens (tertiary/aromatic N) is 1. The van der Waals surface area contributed by atoms with Gasteiger partial charge in [0.05, 0.1) is 24.3 Å². The number of aldehydes is 1. The van der Waals surface area contributed by atoms with Crippen molar-refractivity contribution < 1.29 is 24.5 Å². The number of ether oxygens (including phenoxy) is 1. The monoisotopic (exact) mass is 277 g/mol. The van der Waals surface area contributed by atoms with Gasteiger partial charge in [-0.15, -0.1) is 0 Å². The topological polar surface area (TPSA) is 87.1 Å². The van der Waals surface area contributed by atoms with Gasteiger partial charge in [0.25, 0.3) is 0 Å². The van der Waals surface area contributed by atoms with Gasteiger partial charge in [0.2, 0.25) is 0 Å². The van der Waals surface area contributed by atoms with Gasteiger partial charge in [-0.2, -0.15) is 0 Å². The highest BCUT2D eigenvalue weighted by Crippen LogP contribution is 2.35. The molecule has 1 amide bonds. The number of hydrogen-bond donors (Lipinski definition) is 2. The Bertz CT molecular complexity index is 571. The Morgan fingerprint density at radius 3 is 2.90 bits per heavy atom. The van der Waals surface area contributed by atoms with Crippen LogP contribution in [0.25, 0.3) is 0 Å². The Labute approximate surface area is 115 Å². The molecule has 0 radical (unpaired) electrons. The molecule has 1 saturated heterocycles. The van der Waals surface area contributed by atoms with Gasteiger partial charge in [0.15, 0.2) is 6.29 Å². The summed E-state index contributed by atoms with van der Waals surface area (Å²) in [5.74, 6) is -0.00741. The molecule has 1 fully saturated rings. The first-order valence-corrected chi connectivity index (χ1v) is 6.52. The van der Waals surface area contributed by atoms with E-state index >= 15 is 0 Å². The molecule has 106 valence electrons. The standard InChI is InChI=1S/C14H15NO5/c16-7-9-2-1-8-5-11-12(6-10(8)13(9)17)20-4-3-15(11)14(18)19/h1-2,7,11-12,17H,3-6H2,(H,18,19)/t11?,12-/m1/s1. The Morgan fingerprint density at radius 1 is 1.40 bits per heavy atom. The summed E-state index contributed by atoms with van der Waals surface area (Å²) in [6, 6.07) is 3.12. The van der Waals surface area contributed by atoms with Crippen LogP contribution in [0.4, 0.5) is 4.79 Å². The van der Waals surface area contributed by atoms with Crippen LogP contribution in [-0.2, 0) is 17.6 Å². The average molecular weight is 277 g/mol. The van der Waals surface area contributed by atoms with Crippen molar-refractivity contribution >= 4 is 12.4 Å². The molecule has 1 aromatic carbocycles. The van der Waals surface area contributed by atoms with E-state index in [-0.39, 0.29) is 23.5 Å². The van der Waals surface area contributed by atoms with Crippen LogP contribution >= 0.6 is 0 Å². The summed E-state index contributed by atoms with van der Waals surface area (Å²) in [6.45, 7) is 0.723. The Balaban J connectivity index is 1.98. The third-order valence-corrected chi connectivity index (χ3v) is 4.11. The number of rotatable bonds is 1. The van der Waals surface area contributed by atoms with Crippen LogP contribution in [0.3, 0.4) is 0 Å². The molecule has 1 aliphatic heterocycles. The number of phenols is 1. The molecule has 1 aliphatic carbocycles. The normalized spacial score (nSPS) is 24.7.